The van der Waals surface area contributed by atoms with E-state index in [0.29, 0.717) is 18.7 Å². The Morgan fingerprint density at radius 3 is 2.86 bits per heavy atom. The zero-order valence-corrected chi connectivity index (χ0v) is 12.1. The molecule has 0 aromatic heterocycles. The molecule has 0 bridgehead atoms. The number of amides is 1. The second-order valence-electron chi connectivity index (χ2n) is 5.58. The number of nitrogens with zero attached hydrogens (tertiary/aromatic N) is 1. The van der Waals surface area contributed by atoms with Gasteiger partial charge < -0.3 is 25.4 Å². The summed E-state index contributed by atoms with van der Waals surface area (Å²) in [4.78, 5) is 14.4. The maximum Gasteiger partial charge on any atom is 0.254 e. The standard InChI is InChI=1S/C15H21N3O3/c1-10-7-18(8-12(9-19)21-10)15(20)11-2-3-13-14(6-11)17-5-4-16-13/h2-3,6,10,12,16-17,19H,4-5,7-9H2,1H3. The van der Waals surface area contributed by atoms with Gasteiger partial charge in [0.2, 0.25) is 0 Å². The lowest BCUT2D eigenvalue weighted by molar-refractivity contribution is -0.0858. The molecule has 0 radical (unpaired) electrons. The number of morpholine rings is 1. The second-order valence-corrected chi connectivity index (χ2v) is 5.58. The minimum Gasteiger partial charge on any atom is -0.394 e. The Hall–Kier alpha value is -1.79. The Bertz CT molecular complexity index is 535. The second kappa shape index (κ2) is 5.91. The van der Waals surface area contributed by atoms with Gasteiger partial charge in [-0.3, -0.25) is 4.79 Å². The number of aliphatic hydroxyl groups is 1. The summed E-state index contributed by atoms with van der Waals surface area (Å²) < 4.78 is 5.58. The lowest BCUT2D eigenvalue weighted by atomic mass is 10.1. The average molecular weight is 291 g/mol. The van der Waals surface area contributed by atoms with E-state index < -0.39 is 0 Å². The van der Waals surface area contributed by atoms with Gasteiger partial charge in [-0.2, -0.15) is 0 Å². The van der Waals surface area contributed by atoms with Gasteiger partial charge in [0.1, 0.15) is 0 Å². The Labute approximate surface area is 124 Å². The van der Waals surface area contributed by atoms with Crippen LogP contribution in [0.2, 0.25) is 0 Å². The summed E-state index contributed by atoms with van der Waals surface area (Å²) in [6.45, 7) is 4.58. The summed E-state index contributed by atoms with van der Waals surface area (Å²) in [6, 6.07) is 5.66. The van der Waals surface area contributed by atoms with Crippen LogP contribution in [-0.4, -0.2) is 60.9 Å². The average Bonchev–Trinajstić information content (AvgIpc) is 2.53. The van der Waals surface area contributed by atoms with Crippen LogP contribution in [0.3, 0.4) is 0 Å². The van der Waals surface area contributed by atoms with Crippen LogP contribution >= 0.6 is 0 Å². The molecule has 1 amide bonds. The van der Waals surface area contributed by atoms with Crippen molar-refractivity contribution >= 4 is 17.3 Å². The van der Waals surface area contributed by atoms with Crippen LogP contribution in [0.1, 0.15) is 17.3 Å². The SMILES string of the molecule is CC1CN(C(=O)c2ccc3c(c2)NCCN3)CC(CO)O1. The van der Waals surface area contributed by atoms with E-state index in [2.05, 4.69) is 10.6 Å². The Kier molecular flexibility index (Phi) is 3.98. The number of nitrogens with one attached hydrogen (secondary N) is 2. The molecule has 1 aromatic carbocycles. The van der Waals surface area contributed by atoms with E-state index in [1.54, 1.807) is 4.90 Å². The fraction of sp³-hybridized carbons (Fsp3) is 0.533. The van der Waals surface area contributed by atoms with E-state index in [9.17, 15) is 9.90 Å². The molecule has 21 heavy (non-hydrogen) atoms. The third-order valence-electron chi connectivity index (χ3n) is 3.84. The van der Waals surface area contributed by atoms with Gasteiger partial charge in [-0.25, -0.2) is 0 Å². The van der Waals surface area contributed by atoms with Crippen molar-refractivity contribution in [2.24, 2.45) is 0 Å². The van der Waals surface area contributed by atoms with E-state index in [1.165, 1.54) is 0 Å². The van der Waals surface area contributed by atoms with Crippen molar-refractivity contribution < 1.29 is 14.6 Å². The first-order valence-corrected chi connectivity index (χ1v) is 7.35. The maximum atomic E-state index is 12.6. The Balaban J connectivity index is 1.78. The van der Waals surface area contributed by atoms with E-state index in [4.69, 9.17) is 4.74 Å². The molecule has 2 aliphatic heterocycles. The number of aliphatic hydroxyl groups excluding tert-OH is 1. The van der Waals surface area contributed by atoms with Crippen LogP contribution in [0, 0.1) is 0 Å². The molecule has 2 atom stereocenters. The van der Waals surface area contributed by atoms with Crippen molar-refractivity contribution in [3.05, 3.63) is 23.8 Å². The lowest BCUT2D eigenvalue weighted by Gasteiger charge is -2.36. The molecule has 0 aliphatic carbocycles. The lowest BCUT2D eigenvalue weighted by Crippen LogP contribution is -2.50. The molecule has 6 nitrogen and oxygen atoms in total. The highest BCUT2D eigenvalue weighted by Gasteiger charge is 2.28. The van der Waals surface area contributed by atoms with Crippen molar-refractivity contribution in [2.45, 2.75) is 19.1 Å². The van der Waals surface area contributed by atoms with Gasteiger partial charge in [0.05, 0.1) is 30.2 Å². The molecule has 2 unspecified atom stereocenters. The Morgan fingerprint density at radius 1 is 1.33 bits per heavy atom. The van der Waals surface area contributed by atoms with E-state index in [0.717, 1.165) is 24.5 Å². The Morgan fingerprint density at radius 2 is 2.10 bits per heavy atom. The van der Waals surface area contributed by atoms with Crippen LogP contribution in [0.4, 0.5) is 11.4 Å². The fourth-order valence-corrected chi connectivity index (χ4v) is 2.87. The minimum atomic E-state index is -0.296. The van der Waals surface area contributed by atoms with Crippen LogP contribution in [0.15, 0.2) is 18.2 Å². The molecule has 6 heteroatoms. The smallest absolute Gasteiger partial charge is 0.254 e. The predicted molar refractivity (Wildman–Crippen MR) is 80.7 cm³/mol. The van der Waals surface area contributed by atoms with Crippen molar-refractivity contribution in [2.75, 3.05) is 43.4 Å². The van der Waals surface area contributed by atoms with Gasteiger partial charge in [-0.15, -0.1) is 0 Å². The van der Waals surface area contributed by atoms with E-state index >= 15 is 0 Å². The molecule has 2 aliphatic rings. The fourth-order valence-electron chi connectivity index (χ4n) is 2.87. The van der Waals surface area contributed by atoms with Crippen molar-refractivity contribution in [3.63, 3.8) is 0 Å². The molecule has 1 aromatic rings. The first-order chi connectivity index (χ1) is 10.2. The van der Waals surface area contributed by atoms with E-state index in [1.807, 2.05) is 25.1 Å². The monoisotopic (exact) mass is 291 g/mol. The first kappa shape index (κ1) is 14.2. The summed E-state index contributed by atoms with van der Waals surface area (Å²) in [5.74, 6) is -0.0150. The molecule has 3 N–H and O–H groups in total. The number of hydrogen-bond acceptors (Lipinski definition) is 5. The molecular formula is C15H21N3O3. The molecular weight excluding hydrogens is 270 g/mol. The number of rotatable bonds is 2. The van der Waals surface area contributed by atoms with Crippen molar-refractivity contribution in [3.8, 4) is 0 Å². The highest BCUT2D eigenvalue weighted by Crippen LogP contribution is 2.26. The van der Waals surface area contributed by atoms with Gasteiger partial charge in [0, 0.05) is 31.7 Å². The van der Waals surface area contributed by atoms with Gasteiger partial charge >= 0.3 is 0 Å². The molecule has 1 saturated heterocycles. The van der Waals surface area contributed by atoms with E-state index in [-0.39, 0.29) is 24.7 Å². The highest BCUT2D eigenvalue weighted by atomic mass is 16.5. The van der Waals surface area contributed by atoms with Crippen LogP contribution < -0.4 is 10.6 Å². The number of carbonyl (C=O) groups is 1. The quantitative estimate of drug-likeness (QED) is 0.750. The van der Waals surface area contributed by atoms with Crippen LogP contribution in [0.5, 0.6) is 0 Å². The normalized spacial score (nSPS) is 24.8. The molecule has 114 valence electrons. The van der Waals surface area contributed by atoms with Crippen molar-refractivity contribution in [1.82, 2.24) is 4.90 Å². The summed E-state index contributed by atoms with van der Waals surface area (Å²) in [7, 11) is 0. The highest BCUT2D eigenvalue weighted by molar-refractivity contribution is 5.96. The number of hydrogen-bond donors (Lipinski definition) is 3. The molecule has 0 saturated carbocycles. The maximum absolute atomic E-state index is 12.6. The summed E-state index contributed by atoms with van der Waals surface area (Å²) >= 11 is 0. The van der Waals surface area contributed by atoms with Gasteiger partial charge in [0.15, 0.2) is 0 Å². The van der Waals surface area contributed by atoms with Gasteiger partial charge in [0.25, 0.3) is 5.91 Å². The minimum absolute atomic E-state index is 0.0150. The largest absolute Gasteiger partial charge is 0.394 e. The predicted octanol–water partition coefficient (Wildman–Crippen LogP) is 0.746. The first-order valence-electron chi connectivity index (χ1n) is 7.35. The van der Waals surface area contributed by atoms with Crippen LogP contribution in [-0.2, 0) is 4.74 Å². The molecule has 1 fully saturated rings. The van der Waals surface area contributed by atoms with Gasteiger partial charge in [-0.1, -0.05) is 0 Å². The third-order valence-corrected chi connectivity index (χ3v) is 3.84. The molecule has 0 spiro atoms. The summed E-state index contributed by atoms with van der Waals surface area (Å²) in [5.41, 5.74) is 2.66. The number of fused-ring (bicyclic) bond motifs is 1. The summed E-state index contributed by atoms with van der Waals surface area (Å²) in [5, 5.41) is 15.8. The summed E-state index contributed by atoms with van der Waals surface area (Å²) in [6.07, 6.45) is -0.354. The molecule has 3 rings (SSSR count). The number of benzene rings is 1. The topological polar surface area (TPSA) is 73.8 Å². The zero-order chi connectivity index (χ0) is 14.8. The van der Waals surface area contributed by atoms with Gasteiger partial charge in [-0.05, 0) is 25.1 Å². The number of carbonyl (C=O) groups excluding carboxylic acids is 1. The molecule has 2 heterocycles. The number of ether oxygens (including phenoxy) is 1. The van der Waals surface area contributed by atoms with Crippen LogP contribution in [0.25, 0.3) is 0 Å². The van der Waals surface area contributed by atoms with Crippen molar-refractivity contribution in [1.29, 1.82) is 0 Å². The third kappa shape index (κ3) is 2.96. The zero-order valence-electron chi connectivity index (χ0n) is 12.1. The number of anilines is 2.